The maximum Gasteiger partial charge on any atom is 0.409 e. The molecule has 3 amide bonds. The van der Waals surface area contributed by atoms with E-state index in [0.29, 0.717) is 45.8 Å². The summed E-state index contributed by atoms with van der Waals surface area (Å²) in [7, 11) is -3.70. The molecule has 1 heterocycles. The Labute approximate surface area is 153 Å². The van der Waals surface area contributed by atoms with Gasteiger partial charge in [0.2, 0.25) is 10.0 Å². The number of amides is 3. The van der Waals surface area contributed by atoms with Gasteiger partial charge in [-0.2, -0.15) is 0 Å². The number of hydrogen-bond donors (Lipinski definition) is 2. The van der Waals surface area contributed by atoms with Gasteiger partial charge >= 0.3 is 12.1 Å². The molecule has 26 heavy (non-hydrogen) atoms. The van der Waals surface area contributed by atoms with Gasteiger partial charge < -0.3 is 19.9 Å². The molecule has 0 saturated carbocycles. The highest BCUT2D eigenvalue weighted by Crippen LogP contribution is 2.09. The lowest BCUT2D eigenvalue weighted by Crippen LogP contribution is -2.53. The van der Waals surface area contributed by atoms with Gasteiger partial charge in [-0.05, 0) is 31.0 Å². The number of primary sulfonamides is 1. The number of hydrogen-bond acceptors (Lipinski definition) is 5. The third kappa shape index (κ3) is 5.60. The average Bonchev–Trinajstić information content (AvgIpc) is 2.61. The highest BCUT2D eigenvalue weighted by atomic mass is 32.2. The molecule has 2 rings (SSSR count). The summed E-state index contributed by atoms with van der Waals surface area (Å²) in [6.07, 6.45) is 0.217. The third-order valence-electron chi connectivity index (χ3n) is 4.03. The van der Waals surface area contributed by atoms with Crippen LogP contribution < -0.4 is 10.5 Å². The fourth-order valence-corrected chi connectivity index (χ4v) is 3.09. The number of nitrogens with zero attached hydrogens (tertiary/aromatic N) is 2. The van der Waals surface area contributed by atoms with Crippen molar-refractivity contribution in [2.75, 3.05) is 39.3 Å². The number of benzene rings is 1. The predicted molar refractivity (Wildman–Crippen MR) is 95.1 cm³/mol. The lowest BCUT2D eigenvalue weighted by Gasteiger charge is -2.34. The molecule has 0 aliphatic carbocycles. The van der Waals surface area contributed by atoms with Crippen molar-refractivity contribution < 1.29 is 22.7 Å². The zero-order valence-electron chi connectivity index (χ0n) is 14.7. The maximum atomic E-state index is 12.2. The van der Waals surface area contributed by atoms with Crippen molar-refractivity contribution in [2.45, 2.75) is 18.2 Å². The molecule has 0 atom stereocenters. The van der Waals surface area contributed by atoms with E-state index in [1.54, 1.807) is 28.9 Å². The molecule has 0 radical (unpaired) electrons. The second kappa shape index (κ2) is 8.86. The van der Waals surface area contributed by atoms with Gasteiger partial charge in [-0.15, -0.1) is 0 Å². The summed E-state index contributed by atoms with van der Waals surface area (Å²) < 4.78 is 27.4. The number of nitrogens with two attached hydrogens (primary N) is 1. The fourth-order valence-electron chi connectivity index (χ4n) is 2.58. The molecule has 0 bridgehead atoms. The van der Waals surface area contributed by atoms with Gasteiger partial charge in [0.1, 0.15) is 0 Å². The summed E-state index contributed by atoms with van der Waals surface area (Å²) >= 11 is 0. The predicted octanol–water partition coefficient (Wildman–Crippen LogP) is 0.360. The second-order valence-electron chi connectivity index (χ2n) is 5.84. The third-order valence-corrected chi connectivity index (χ3v) is 4.96. The van der Waals surface area contributed by atoms with E-state index in [4.69, 9.17) is 9.88 Å². The van der Waals surface area contributed by atoms with Crippen molar-refractivity contribution in [2.24, 2.45) is 5.14 Å². The summed E-state index contributed by atoms with van der Waals surface area (Å²) in [5.41, 5.74) is 0.893. The quantitative estimate of drug-likeness (QED) is 0.759. The number of urea groups is 1. The molecule has 1 fully saturated rings. The van der Waals surface area contributed by atoms with Crippen LogP contribution in [0.5, 0.6) is 0 Å². The van der Waals surface area contributed by atoms with Gasteiger partial charge in [0.05, 0.1) is 11.5 Å². The Bertz CT molecular complexity index is 728. The highest BCUT2D eigenvalue weighted by Gasteiger charge is 2.24. The minimum absolute atomic E-state index is 0.0600. The van der Waals surface area contributed by atoms with Crippen LogP contribution in [0, 0.1) is 0 Å². The monoisotopic (exact) mass is 384 g/mol. The average molecular weight is 384 g/mol. The van der Waals surface area contributed by atoms with Crippen molar-refractivity contribution >= 4 is 22.1 Å². The first-order valence-electron chi connectivity index (χ1n) is 8.37. The lowest BCUT2D eigenvalue weighted by molar-refractivity contribution is 0.0852. The Morgan fingerprint density at radius 2 is 1.69 bits per heavy atom. The molecular formula is C16H24N4O5S. The van der Waals surface area contributed by atoms with Crippen molar-refractivity contribution in [3.8, 4) is 0 Å². The zero-order chi connectivity index (χ0) is 19.2. The summed E-state index contributed by atoms with van der Waals surface area (Å²) in [6, 6.07) is 6.05. The number of rotatable bonds is 5. The molecule has 1 aromatic rings. The smallest absolute Gasteiger partial charge is 0.409 e. The van der Waals surface area contributed by atoms with Crippen LogP contribution >= 0.6 is 0 Å². The largest absolute Gasteiger partial charge is 0.450 e. The molecule has 1 saturated heterocycles. The number of carbonyl (C=O) groups is 2. The minimum atomic E-state index is -3.70. The van der Waals surface area contributed by atoms with Crippen LogP contribution in [0.2, 0.25) is 0 Å². The van der Waals surface area contributed by atoms with Gasteiger partial charge in [-0.3, -0.25) is 0 Å². The van der Waals surface area contributed by atoms with Crippen LogP contribution in [0.3, 0.4) is 0 Å². The molecule has 1 aliphatic heterocycles. The van der Waals surface area contributed by atoms with Crippen molar-refractivity contribution in [1.82, 2.24) is 15.1 Å². The molecule has 3 N–H and O–H groups in total. The lowest BCUT2D eigenvalue weighted by atomic mass is 10.1. The van der Waals surface area contributed by atoms with E-state index >= 15 is 0 Å². The molecule has 0 aromatic heterocycles. The van der Waals surface area contributed by atoms with E-state index in [9.17, 15) is 18.0 Å². The van der Waals surface area contributed by atoms with E-state index < -0.39 is 10.0 Å². The van der Waals surface area contributed by atoms with E-state index in [1.165, 1.54) is 12.1 Å². The van der Waals surface area contributed by atoms with Crippen LogP contribution in [0.1, 0.15) is 12.5 Å². The Morgan fingerprint density at radius 3 is 2.23 bits per heavy atom. The first-order chi connectivity index (χ1) is 12.3. The number of ether oxygens (including phenoxy) is 1. The van der Waals surface area contributed by atoms with E-state index in [1.807, 2.05) is 0 Å². The summed E-state index contributed by atoms with van der Waals surface area (Å²) in [4.78, 5) is 27.1. The van der Waals surface area contributed by atoms with Crippen molar-refractivity contribution in [1.29, 1.82) is 0 Å². The zero-order valence-corrected chi connectivity index (χ0v) is 15.5. The summed E-state index contributed by atoms with van der Waals surface area (Å²) in [5.74, 6) is 0. The Morgan fingerprint density at radius 1 is 1.12 bits per heavy atom. The van der Waals surface area contributed by atoms with Crippen LogP contribution in [-0.4, -0.2) is 69.7 Å². The van der Waals surface area contributed by atoms with E-state index in [-0.39, 0.29) is 17.0 Å². The topological polar surface area (TPSA) is 122 Å². The number of carbonyl (C=O) groups excluding carboxylic acids is 2. The molecule has 0 unspecified atom stereocenters. The van der Waals surface area contributed by atoms with Gasteiger partial charge in [0.25, 0.3) is 0 Å². The molecule has 1 aliphatic rings. The standard InChI is InChI=1S/C16H24N4O5S/c1-2-25-16(22)20-11-9-19(10-12-20)15(21)18-8-7-13-3-5-14(6-4-13)26(17,23)24/h3-6H,2,7-12H2,1H3,(H,18,21)(H2,17,23,24). The van der Waals surface area contributed by atoms with Gasteiger partial charge in [0, 0.05) is 32.7 Å². The Kier molecular flexibility index (Phi) is 6.81. The van der Waals surface area contributed by atoms with Crippen molar-refractivity contribution in [3.63, 3.8) is 0 Å². The molecule has 0 spiro atoms. The van der Waals surface area contributed by atoms with Crippen LogP contribution in [0.25, 0.3) is 0 Å². The Hall–Kier alpha value is -2.33. The first kappa shape index (κ1) is 20.0. The van der Waals surface area contributed by atoms with Crippen LogP contribution in [0.15, 0.2) is 29.2 Å². The number of sulfonamides is 1. The van der Waals surface area contributed by atoms with Gasteiger partial charge in [0.15, 0.2) is 0 Å². The fraction of sp³-hybridized carbons (Fsp3) is 0.500. The SMILES string of the molecule is CCOC(=O)N1CCN(C(=O)NCCc2ccc(S(N)(=O)=O)cc2)CC1. The molecule has 10 heteroatoms. The minimum Gasteiger partial charge on any atom is -0.450 e. The van der Waals surface area contributed by atoms with Gasteiger partial charge in [-0.1, -0.05) is 12.1 Å². The summed E-state index contributed by atoms with van der Waals surface area (Å²) in [5, 5.41) is 7.88. The van der Waals surface area contributed by atoms with E-state index in [0.717, 1.165) is 5.56 Å². The molecular weight excluding hydrogens is 360 g/mol. The van der Waals surface area contributed by atoms with Crippen molar-refractivity contribution in [3.05, 3.63) is 29.8 Å². The van der Waals surface area contributed by atoms with Crippen LogP contribution in [-0.2, 0) is 21.2 Å². The van der Waals surface area contributed by atoms with Gasteiger partial charge in [-0.25, -0.2) is 23.1 Å². The van der Waals surface area contributed by atoms with E-state index in [2.05, 4.69) is 5.32 Å². The normalized spacial score (nSPS) is 14.8. The molecule has 144 valence electrons. The molecule has 9 nitrogen and oxygen atoms in total. The van der Waals surface area contributed by atoms with Crippen LogP contribution in [0.4, 0.5) is 9.59 Å². The summed E-state index contributed by atoms with van der Waals surface area (Å²) in [6.45, 7) is 4.30. The number of nitrogens with one attached hydrogen (secondary N) is 1. The molecule has 1 aromatic carbocycles. The number of piperazine rings is 1. The maximum absolute atomic E-state index is 12.2. The second-order valence-corrected chi connectivity index (χ2v) is 7.41. The highest BCUT2D eigenvalue weighted by molar-refractivity contribution is 7.89. The first-order valence-corrected chi connectivity index (χ1v) is 9.92. The Balaban J connectivity index is 1.73.